The topological polar surface area (TPSA) is 47.1 Å². The molecule has 2 rings (SSSR count). The molecular formula is C14H22N4. The van der Waals surface area contributed by atoms with Crippen LogP contribution in [0.15, 0.2) is 24.3 Å². The lowest BCUT2D eigenvalue weighted by Gasteiger charge is -2.23. The predicted octanol–water partition coefficient (Wildman–Crippen LogP) is 1.74. The second-order valence-electron chi connectivity index (χ2n) is 4.93. The maximum Gasteiger partial charge on any atom is 0.0843 e. The molecule has 1 aromatic carbocycles. The zero-order valence-corrected chi connectivity index (χ0v) is 11.4. The van der Waals surface area contributed by atoms with Crippen molar-refractivity contribution in [1.29, 1.82) is 0 Å². The molecule has 4 nitrogen and oxygen atoms in total. The first-order valence-corrected chi connectivity index (χ1v) is 6.44. The van der Waals surface area contributed by atoms with E-state index in [0.717, 1.165) is 25.2 Å². The fourth-order valence-corrected chi connectivity index (χ4v) is 2.26. The minimum atomic E-state index is 0.482. The largest absolute Gasteiger partial charge is 0.330 e. The standard InChI is InChI=1S/C14H22N4/c1-11(8-9-15)17(2)10-13-12-6-4-5-7-14(12)18(3)16-13/h4-7,11H,8-10,15H2,1-3H3. The maximum atomic E-state index is 5.61. The van der Waals surface area contributed by atoms with Crippen LogP contribution >= 0.6 is 0 Å². The van der Waals surface area contributed by atoms with E-state index in [1.807, 2.05) is 11.7 Å². The Morgan fingerprint density at radius 2 is 2.11 bits per heavy atom. The summed E-state index contributed by atoms with van der Waals surface area (Å²) in [5, 5.41) is 5.86. The zero-order valence-electron chi connectivity index (χ0n) is 11.4. The fraction of sp³-hybridized carbons (Fsp3) is 0.500. The number of aromatic nitrogens is 2. The summed E-state index contributed by atoms with van der Waals surface area (Å²) in [6, 6.07) is 8.84. The van der Waals surface area contributed by atoms with Gasteiger partial charge in [-0.25, -0.2) is 0 Å². The number of para-hydroxylation sites is 1. The molecule has 4 heteroatoms. The Labute approximate surface area is 108 Å². The summed E-state index contributed by atoms with van der Waals surface area (Å²) in [6.45, 7) is 3.80. The number of aryl methyl sites for hydroxylation is 1. The van der Waals surface area contributed by atoms with Crippen LogP contribution in [-0.2, 0) is 13.6 Å². The van der Waals surface area contributed by atoms with Gasteiger partial charge < -0.3 is 5.73 Å². The van der Waals surface area contributed by atoms with Crippen LogP contribution < -0.4 is 5.73 Å². The molecule has 0 saturated carbocycles. The molecule has 1 unspecified atom stereocenters. The molecule has 1 heterocycles. The normalized spacial score (nSPS) is 13.4. The van der Waals surface area contributed by atoms with Gasteiger partial charge in [0, 0.05) is 25.0 Å². The van der Waals surface area contributed by atoms with E-state index in [0.29, 0.717) is 6.04 Å². The van der Waals surface area contributed by atoms with E-state index in [-0.39, 0.29) is 0 Å². The van der Waals surface area contributed by atoms with Crippen molar-refractivity contribution in [2.75, 3.05) is 13.6 Å². The molecule has 1 atom stereocenters. The molecule has 98 valence electrons. The van der Waals surface area contributed by atoms with Crippen molar-refractivity contribution >= 4 is 10.9 Å². The third-order valence-electron chi connectivity index (χ3n) is 3.57. The highest BCUT2D eigenvalue weighted by Gasteiger charge is 2.13. The lowest BCUT2D eigenvalue weighted by Crippen LogP contribution is -2.30. The van der Waals surface area contributed by atoms with Crippen molar-refractivity contribution in [2.24, 2.45) is 12.8 Å². The summed E-state index contributed by atoms with van der Waals surface area (Å²) in [5.74, 6) is 0. The van der Waals surface area contributed by atoms with Crippen LogP contribution in [0.2, 0.25) is 0 Å². The van der Waals surface area contributed by atoms with Crippen molar-refractivity contribution in [3.8, 4) is 0 Å². The molecule has 1 aromatic heterocycles. The summed E-state index contributed by atoms with van der Waals surface area (Å²) in [5.41, 5.74) is 7.93. The molecule has 2 aromatic rings. The number of rotatable bonds is 5. The van der Waals surface area contributed by atoms with E-state index in [1.54, 1.807) is 0 Å². The van der Waals surface area contributed by atoms with Crippen molar-refractivity contribution in [3.63, 3.8) is 0 Å². The van der Waals surface area contributed by atoms with Gasteiger partial charge in [0.05, 0.1) is 11.2 Å². The van der Waals surface area contributed by atoms with Gasteiger partial charge in [-0.1, -0.05) is 18.2 Å². The highest BCUT2D eigenvalue weighted by molar-refractivity contribution is 5.81. The third-order valence-corrected chi connectivity index (χ3v) is 3.57. The zero-order chi connectivity index (χ0) is 13.1. The molecule has 0 fully saturated rings. The van der Waals surface area contributed by atoms with Gasteiger partial charge in [-0.05, 0) is 33.0 Å². The Hall–Kier alpha value is -1.39. The van der Waals surface area contributed by atoms with Crippen molar-refractivity contribution in [1.82, 2.24) is 14.7 Å². The van der Waals surface area contributed by atoms with Crippen LogP contribution in [-0.4, -0.2) is 34.3 Å². The van der Waals surface area contributed by atoms with Crippen molar-refractivity contribution < 1.29 is 0 Å². The molecule has 0 amide bonds. The molecule has 0 spiro atoms. The van der Waals surface area contributed by atoms with Crippen LogP contribution in [0.25, 0.3) is 10.9 Å². The Bertz CT molecular complexity index is 517. The maximum absolute atomic E-state index is 5.61. The smallest absolute Gasteiger partial charge is 0.0843 e. The molecule has 0 radical (unpaired) electrons. The van der Waals surface area contributed by atoms with Gasteiger partial charge in [-0.3, -0.25) is 9.58 Å². The second-order valence-corrected chi connectivity index (χ2v) is 4.93. The number of nitrogens with zero attached hydrogens (tertiary/aromatic N) is 3. The molecule has 0 aliphatic rings. The van der Waals surface area contributed by atoms with Crippen LogP contribution in [0, 0.1) is 0 Å². The van der Waals surface area contributed by atoms with Gasteiger partial charge in [-0.2, -0.15) is 5.10 Å². The Morgan fingerprint density at radius 3 is 2.83 bits per heavy atom. The minimum Gasteiger partial charge on any atom is -0.330 e. The van der Waals surface area contributed by atoms with E-state index in [1.165, 1.54) is 10.9 Å². The average molecular weight is 246 g/mol. The summed E-state index contributed by atoms with van der Waals surface area (Å²) in [6.07, 6.45) is 1.02. The molecule has 0 aliphatic carbocycles. The molecule has 2 N–H and O–H groups in total. The Kier molecular flexibility index (Phi) is 3.99. The van der Waals surface area contributed by atoms with Gasteiger partial charge in [0.1, 0.15) is 0 Å². The first-order valence-electron chi connectivity index (χ1n) is 6.44. The van der Waals surface area contributed by atoms with Gasteiger partial charge in [0.15, 0.2) is 0 Å². The fourth-order valence-electron chi connectivity index (χ4n) is 2.26. The summed E-state index contributed by atoms with van der Waals surface area (Å²) < 4.78 is 1.95. The van der Waals surface area contributed by atoms with E-state index in [4.69, 9.17) is 5.73 Å². The van der Waals surface area contributed by atoms with E-state index >= 15 is 0 Å². The highest BCUT2D eigenvalue weighted by atomic mass is 15.3. The first kappa shape index (κ1) is 13.1. The van der Waals surface area contributed by atoms with Gasteiger partial charge in [0.25, 0.3) is 0 Å². The minimum absolute atomic E-state index is 0.482. The second kappa shape index (κ2) is 5.50. The van der Waals surface area contributed by atoms with Gasteiger partial charge >= 0.3 is 0 Å². The number of nitrogens with two attached hydrogens (primary N) is 1. The van der Waals surface area contributed by atoms with Crippen LogP contribution in [0.3, 0.4) is 0 Å². The average Bonchev–Trinajstić information content (AvgIpc) is 2.67. The molecule has 18 heavy (non-hydrogen) atoms. The number of fused-ring (bicyclic) bond motifs is 1. The number of benzene rings is 1. The third kappa shape index (κ3) is 2.54. The highest BCUT2D eigenvalue weighted by Crippen LogP contribution is 2.19. The first-order chi connectivity index (χ1) is 8.63. The number of hydrogen-bond donors (Lipinski definition) is 1. The van der Waals surface area contributed by atoms with E-state index in [9.17, 15) is 0 Å². The van der Waals surface area contributed by atoms with Gasteiger partial charge in [-0.15, -0.1) is 0 Å². The molecule has 0 saturated heterocycles. The summed E-state index contributed by atoms with van der Waals surface area (Å²) in [7, 11) is 4.12. The van der Waals surface area contributed by atoms with Crippen LogP contribution in [0.5, 0.6) is 0 Å². The summed E-state index contributed by atoms with van der Waals surface area (Å²) >= 11 is 0. The monoisotopic (exact) mass is 246 g/mol. The van der Waals surface area contributed by atoms with Crippen LogP contribution in [0.1, 0.15) is 19.0 Å². The van der Waals surface area contributed by atoms with Crippen molar-refractivity contribution in [3.05, 3.63) is 30.0 Å². The van der Waals surface area contributed by atoms with Crippen LogP contribution in [0.4, 0.5) is 0 Å². The SMILES string of the molecule is CC(CCN)N(C)Cc1nn(C)c2ccccc12. The quantitative estimate of drug-likeness (QED) is 0.874. The molecular weight excluding hydrogens is 224 g/mol. The van der Waals surface area contributed by atoms with Crippen molar-refractivity contribution in [2.45, 2.75) is 25.9 Å². The Morgan fingerprint density at radius 1 is 1.39 bits per heavy atom. The van der Waals surface area contributed by atoms with Gasteiger partial charge in [0.2, 0.25) is 0 Å². The predicted molar refractivity (Wildman–Crippen MR) is 75.3 cm³/mol. The van der Waals surface area contributed by atoms with E-state index < -0.39 is 0 Å². The van der Waals surface area contributed by atoms with E-state index in [2.05, 4.69) is 48.2 Å². The molecule has 0 bridgehead atoms. The number of hydrogen-bond acceptors (Lipinski definition) is 3. The molecule has 0 aliphatic heterocycles. The summed E-state index contributed by atoms with van der Waals surface area (Å²) in [4.78, 5) is 2.31. The lowest BCUT2D eigenvalue weighted by molar-refractivity contribution is 0.238. The lowest BCUT2D eigenvalue weighted by atomic mass is 10.1. The Balaban J connectivity index is 2.21.